The molecule has 2 heterocycles. The number of anilines is 1. The van der Waals surface area contributed by atoms with Crippen LogP contribution in [0.4, 0.5) is 5.69 Å². The molecular formula is C22H24ClN3O5. The van der Waals surface area contributed by atoms with Crippen LogP contribution in [0.3, 0.4) is 0 Å². The lowest BCUT2D eigenvalue weighted by atomic mass is 9.92. The summed E-state index contributed by atoms with van der Waals surface area (Å²) in [7, 11) is 4.54. The largest absolute Gasteiger partial charge is 0.493 e. The zero-order chi connectivity index (χ0) is 22.2. The Bertz CT molecular complexity index is 1010. The van der Waals surface area contributed by atoms with Crippen molar-refractivity contribution in [2.24, 2.45) is 0 Å². The van der Waals surface area contributed by atoms with Crippen molar-refractivity contribution in [3.05, 3.63) is 46.5 Å². The molecule has 1 saturated heterocycles. The molecule has 0 bridgehead atoms. The van der Waals surface area contributed by atoms with Gasteiger partial charge in [-0.2, -0.15) is 0 Å². The van der Waals surface area contributed by atoms with Crippen LogP contribution in [0.2, 0.25) is 5.02 Å². The number of ether oxygens (including phenoxy) is 3. The van der Waals surface area contributed by atoms with Crippen molar-refractivity contribution < 1.29 is 23.8 Å². The molecule has 2 N–H and O–H groups in total. The number of methoxy groups -OCH3 is 3. The third-order valence-corrected chi connectivity index (χ3v) is 6.00. The number of halogens is 1. The topological polar surface area (TPSA) is 89.1 Å². The lowest BCUT2D eigenvalue weighted by molar-refractivity contribution is 0.0639. The number of likely N-dealkylation sites (tertiary alicyclic amines) is 1. The predicted octanol–water partition coefficient (Wildman–Crippen LogP) is 3.15. The van der Waals surface area contributed by atoms with Gasteiger partial charge in [-0.15, -0.1) is 0 Å². The monoisotopic (exact) mass is 445 g/mol. The third kappa shape index (κ3) is 3.83. The van der Waals surface area contributed by atoms with Gasteiger partial charge in [0.1, 0.15) is 5.66 Å². The van der Waals surface area contributed by atoms with Crippen molar-refractivity contribution in [1.82, 2.24) is 10.2 Å². The van der Waals surface area contributed by atoms with Gasteiger partial charge >= 0.3 is 0 Å². The van der Waals surface area contributed by atoms with Crippen LogP contribution in [0, 0.1) is 0 Å². The smallest absolute Gasteiger partial charge is 0.255 e. The molecule has 31 heavy (non-hydrogen) atoms. The third-order valence-electron chi connectivity index (χ3n) is 5.77. The predicted molar refractivity (Wildman–Crippen MR) is 117 cm³/mol. The minimum Gasteiger partial charge on any atom is -0.493 e. The van der Waals surface area contributed by atoms with Gasteiger partial charge in [0.05, 0.1) is 32.6 Å². The zero-order valence-corrected chi connectivity index (χ0v) is 18.3. The Kier molecular flexibility index (Phi) is 5.58. The summed E-state index contributed by atoms with van der Waals surface area (Å²) in [4.78, 5) is 27.5. The summed E-state index contributed by atoms with van der Waals surface area (Å²) in [6, 6.07) is 8.44. The molecule has 2 aliphatic heterocycles. The standard InChI is InChI=1S/C22H24ClN3O5/c1-29-17-10-13(11-18(30-2)19(17)31-3)21(28)26-8-6-22(7-9-26)24-16-12-14(23)4-5-15(16)20(27)25-22/h4-5,10-12,24H,6-9H2,1-3H3,(H,25,27). The van der Waals surface area contributed by atoms with Gasteiger partial charge in [0, 0.05) is 36.5 Å². The first-order chi connectivity index (χ1) is 14.9. The number of hydrogen-bond donors (Lipinski definition) is 2. The van der Waals surface area contributed by atoms with Gasteiger partial charge < -0.3 is 29.7 Å². The average molecular weight is 446 g/mol. The molecule has 4 rings (SSSR count). The van der Waals surface area contributed by atoms with E-state index in [2.05, 4.69) is 10.6 Å². The number of rotatable bonds is 4. The van der Waals surface area contributed by atoms with Gasteiger partial charge in [0.25, 0.3) is 11.8 Å². The number of nitrogens with one attached hydrogen (secondary N) is 2. The lowest BCUT2D eigenvalue weighted by Crippen LogP contribution is -2.62. The summed E-state index contributed by atoms with van der Waals surface area (Å²) in [5, 5.41) is 7.06. The second kappa shape index (κ2) is 8.19. The summed E-state index contributed by atoms with van der Waals surface area (Å²) in [6.45, 7) is 0.942. The Hall–Kier alpha value is -3.13. The van der Waals surface area contributed by atoms with E-state index >= 15 is 0 Å². The van der Waals surface area contributed by atoms with E-state index in [1.54, 1.807) is 35.2 Å². The molecule has 0 aromatic heterocycles. The summed E-state index contributed by atoms with van der Waals surface area (Å²) in [5.41, 5.74) is 1.11. The second-order valence-corrected chi connectivity index (χ2v) is 7.99. The first-order valence-corrected chi connectivity index (χ1v) is 10.3. The SMILES string of the molecule is COc1cc(C(=O)N2CCC3(CC2)NC(=O)c2ccc(Cl)cc2N3)cc(OC)c1OC. The van der Waals surface area contributed by atoms with Gasteiger partial charge in [-0.05, 0) is 30.3 Å². The van der Waals surface area contributed by atoms with Gasteiger partial charge in [0.2, 0.25) is 5.75 Å². The molecule has 8 nitrogen and oxygen atoms in total. The quantitative estimate of drug-likeness (QED) is 0.751. The normalized spacial score (nSPS) is 16.8. The second-order valence-electron chi connectivity index (χ2n) is 7.56. The van der Waals surface area contributed by atoms with Crippen molar-refractivity contribution in [1.29, 1.82) is 0 Å². The maximum atomic E-state index is 13.2. The van der Waals surface area contributed by atoms with E-state index in [0.29, 0.717) is 65.0 Å². The van der Waals surface area contributed by atoms with Gasteiger partial charge in [-0.25, -0.2) is 0 Å². The molecule has 9 heteroatoms. The highest BCUT2D eigenvalue weighted by molar-refractivity contribution is 6.31. The number of piperidine rings is 1. The maximum absolute atomic E-state index is 13.2. The number of benzene rings is 2. The van der Waals surface area contributed by atoms with E-state index < -0.39 is 5.66 Å². The molecule has 0 radical (unpaired) electrons. The minimum absolute atomic E-state index is 0.139. The molecule has 164 valence electrons. The van der Waals surface area contributed by atoms with Crippen LogP contribution in [-0.2, 0) is 0 Å². The molecule has 1 spiro atoms. The van der Waals surface area contributed by atoms with Gasteiger partial charge in [-0.1, -0.05) is 11.6 Å². The molecule has 0 unspecified atom stereocenters. The van der Waals surface area contributed by atoms with Crippen molar-refractivity contribution >= 4 is 29.1 Å². The fourth-order valence-corrected chi connectivity index (χ4v) is 4.29. The van der Waals surface area contributed by atoms with Crippen LogP contribution in [0.5, 0.6) is 17.2 Å². The first kappa shape index (κ1) is 21.1. The summed E-state index contributed by atoms with van der Waals surface area (Å²) >= 11 is 6.10. The van der Waals surface area contributed by atoms with E-state index in [9.17, 15) is 9.59 Å². The highest BCUT2D eigenvalue weighted by Gasteiger charge is 2.41. The van der Waals surface area contributed by atoms with Crippen LogP contribution >= 0.6 is 11.6 Å². The summed E-state index contributed by atoms with van der Waals surface area (Å²) < 4.78 is 16.0. The van der Waals surface area contributed by atoms with Crippen LogP contribution in [-0.4, -0.2) is 56.8 Å². The van der Waals surface area contributed by atoms with E-state index in [1.807, 2.05) is 0 Å². The van der Waals surface area contributed by atoms with E-state index in [4.69, 9.17) is 25.8 Å². The van der Waals surface area contributed by atoms with Gasteiger partial charge in [-0.3, -0.25) is 9.59 Å². The fraction of sp³-hybridized carbons (Fsp3) is 0.364. The minimum atomic E-state index is -0.610. The van der Waals surface area contributed by atoms with Crippen LogP contribution in [0.25, 0.3) is 0 Å². The Morgan fingerprint density at radius 1 is 1.00 bits per heavy atom. The van der Waals surface area contributed by atoms with Crippen molar-refractivity contribution in [3.8, 4) is 17.2 Å². The van der Waals surface area contributed by atoms with E-state index in [0.717, 1.165) is 0 Å². The zero-order valence-electron chi connectivity index (χ0n) is 17.6. The molecule has 0 saturated carbocycles. The van der Waals surface area contributed by atoms with Crippen LogP contribution < -0.4 is 24.8 Å². The number of hydrogen-bond acceptors (Lipinski definition) is 6. The summed E-state index contributed by atoms with van der Waals surface area (Å²) in [5.74, 6) is 1.00. The number of nitrogens with zero attached hydrogens (tertiary/aromatic N) is 1. The Balaban J connectivity index is 1.52. The average Bonchev–Trinajstić information content (AvgIpc) is 2.77. The molecule has 2 aliphatic rings. The Morgan fingerprint density at radius 3 is 2.23 bits per heavy atom. The maximum Gasteiger partial charge on any atom is 0.255 e. The van der Waals surface area contributed by atoms with Crippen molar-refractivity contribution in [2.75, 3.05) is 39.7 Å². The molecule has 2 aromatic rings. The number of fused-ring (bicyclic) bond motifs is 1. The van der Waals surface area contributed by atoms with E-state index in [1.165, 1.54) is 21.3 Å². The van der Waals surface area contributed by atoms with Gasteiger partial charge in [0.15, 0.2) is 11.5 Å². The highest BCUT2D eigenvalue weighted by Crippen LogP contribution is 2.39. The molecule has 1 fully saturated rings. The number of amides is 2. The van der Waals surface area contributed by atoms with Crippen molar-refractivity contribution in [2.45, 2.75) is 18.5 Å². The molecule has 2 amide bonds. The first-order valence-electron chi connectivity index (χ1n) is 9.89. The van der Waals surface area contributed by atoms with Crippen molar-refractivity contribution in [3.63, 3.8) is 0 Å². The lowest BCUT2D eigenvalue weighted by Gasteiger charge is -2.46. The highest BCUT2D eigenvalue weighted by atomic mass is 35.5. The Labute approximate surface area is 185 Å². The van der Waals surface area contributed by atoms with Crippen LogP contribution in [0.1, 0.15) is 33.6 Å². The fourth-order valence-electron chi connectivity index (χ4n) is 4.12. The molecular weight excluding hydrogens is 422 g/mol. The van der Waals surface area contributed by atoms with E-state index in [-0.39, 0.29) is 11.8 Å². The molecule has 0 aliphatic carbocycles. The Morgan fingerprint density at radius 2 is 1.65 bits per heavy atom. The summed E-state index contributed by atoms with van der Waals surface area (Å²) in [6.07, 6.45) is 1.11. The number of carbonyl (C=O) groups is 2. The number of carbonyl (C=O) groups excluding carboxylic acids is 2. The van der Waals surface area contributed by atoms with Crippen LogP contribution in [0.15, 0.2) is 30.3 Å². The molecule has 2 aromatic carbocycles. The molecule has 0 atom stereocenters.